The molecule has 1 amide bonds. The van der Waals surface area contributed by atoms with E-state index >= 15 is 0 Å². The van der Waals surface area contributed by atoms with Crippen LogP contribution in [0.2, 0.25) is 0 Å². The van der Waals surface area contributed by atoms with Crippen LogP contribution in [0.4, 0.5) is 0 Å². The molecule has 7 heteroatoms. The third kappa shape index (κ3) is 4.24. The Morgan fingerprint density at radius 3 is 2.37 bits per heavy atom. The molecule has 1 aromatic carbocycles. The van der Waals surface area contributed by atoms with E-state index in [0.29, 0.717) is 11.6 Å². The van der Waals surface area contributed by atoms with Crippen LogP contribution in [0.1, 0.15) is 74.3 Å². The largest absolute Gasteiger partial charge is 0.302 e. The van der Waals surface area contributed by atoms with E-state index in [1.165, 1.54) is 44.9 Å². The normalized spacial score (nSPS) is 19.7. The highest BCUT2D eigenvalue weighted by Crippen LogP contribution is 2.29. The molecule has 1 aliphatic carbocycles. The fourth-order valence-corrected chi connectivity index (χ4v) is 5.08. The van der Waals surface area contributed by atoms with Crippen molar-refractivity contribution in [2.24, 2.45) is 0 Å². The van der Waals surface area contributed by atoms with Gasteiger partial charge in [0.2, 0.25) is 0 Å². The van der Waals surface area contributed by atoms with Gasteiger partial charge in [0.05, 0.1) is 11.0 Å². The van der Waals surface area contributed by atoms with Crippen molar-refractivity contribution in [3.05, 3.63) is 40.3 Å². The highest BCUT2D eigenvalue weighted by Gasteiger charge is 2.29. The van der Waals surface area contributed by atoms with Crippen LogP contribution >= 0.6 is 0 Å². The van der Waals surface area contributed by atoms with Gasteiger partial charge in [-0.05, 0) is 37.8 Å². The van der Waals surface area contributed by atoms with Gasteiger partial charge in [-0.2, -0.15) is 5.26 Å². The first-order chi connectivity index (χ1) is 14.7. The highest BCUT2D eigenvalue weighted by atomic mass is 16.2. The number of carbonyl (C=O) groups is 1. The lowest BCUT2D eigenvalue weighted by Gasteiger charge is -2.39. The summed E-state index contributed by atoms with van der Waals surface area (Å²) in [5.74, 6) is -0.742. The van der Waals surface area contributed by atoms with Crippen LogP contribution in [-0.4, -0.2) is 39.5 Å². The number of piperidine rings is 1. The molecule has 2 aliphatic rings. The second-order valence-corrected chi connectivity index (χ2v) is 8.46. The number of nitrogens with one attached hydrogen (secondary N) is 1. The maximum atomic E-state index is 13.2. The van der Waals surface area contributed by atoms with Gasteiger partial charge in [0.15, 0.2) is 11.9 Å². The van der Waals surface area contributed by atoms with Gasteiger partial charge in [0.25, 0.3) is 11.5 Å². The Labute approximate surface area is 176 Å². The SMILES string of the molecule is N#CNC(=O)c1nc2ccccc2n(C2CCN(C3CCCCCCC3)CC2)c1=O. The van der Waals surface area contributed by atoms with Crippen LogP contribution in [0.25, 0.3) is 11.0 Å². The molecule has 2 aromatic rings. The van der Waals surface area contributed by atoms with Crippen molar-refractivity contribution in [1.82, 2.24) is 19.8 Å². The number of para-hydroxylation sites is 2. The van der Waals surface area contributed by atoms with Crippen LogP contribution in [0.15, 0.2) is 29.1 Å². The first-order valence-electron chi connectivity index (χ1n) is 11.1. The highest BCUT2D eigenvalue weighted by molar-refractivity contribution is 5.94. The molecule has 0 spiro atoms. The van der Waals surface area contributed by atoms with Crippen molar-refractivity contribution >= 4 is 16.9 Å². The number of carbonyl (C=O) groups excluding carboxylic acids is 1. The van der Waals surface area contributed by atoms with Crippen molar-refractivity contribution in [1.29, 1.82) is 5.26 Å². The number of amides is 1. The van der Waals surface area contributed by atoms with Crippen molar-refractivity contribution in [2.75, 3.05) is 13.1 Å². The Hall–Kier alpha value is -2.72. The topological polar surface area (TPSA) is 91.0 Å². The van der Waals surface area contributed by atoms with Gasteiger partial charge in [-0.25, -0.2) is 4.98 Å². The Morgan fingerprint density at radius 2 is 1.67 bits per heavy atom. The number of rotatable bonds is 3. The summed E-state index contributed by atoms with van der Waals surface area (Å²) in [6, 6.07) is 8.11. The molecule has 158 valence electrons. The van der Waals surface area contributed by atoms with Crippen molar-refractivity contribution in [3.63, 3.8) is 0 Å². The monoisotopic (exact) mass is 407 g/mol. The van der Waals surface area contributed by atoms with Gasteiger partial charge >= 0.3 is 0 Å². The second-order valence-electron chi connectivity index (χ2n) is 8.46. The molecule has 1 saturated carbocycles. The Kier molecular flexibility index (Phi) is 6.44. The van der Waals surface area contributed by atoms with E-state index in [2.05, 4.69) is 9.88 Å². The van der Waals surface area contributed by atoms with E-state index in [1.54, 1.807) is 16.8 Å². The lowest BCUT2D eigenvalue weighted by molar-refractivity contribution is 0.0964. The third-order valence-electron chi connectivity index (χ3n) is 6.63. The Bertz CT molecular complexity index is 993. The van der Waals surface area contributed by atoms with Crippen molar-refractivity contribution in [3.8, 4) is 6.19 Å². The van der Waals surface area contributed by atoms with Crippen LogP contribution in [0.3, 0.4) is 0 Å². The zero-order valence-electron chi connectivity index (χ0n) is 17.3. The van der Waals surface area contributed by atoms with Crippen LogP contribution in [-0.2, 0) is 0 Å². The summed E-state index contributed by atoms with van der Waals surface area (Å²) in [7, 11) is 0. The number of aromatic nitrogens is 2. The molecule has 1 saturated heterocycles. The zero-order valence-corrected chi connectivity index (χ0v) is 17.3. The summed E-state index contributed by atoms with van der Waals surface area (Å²) in [6.45, 7) is 1.94. The van der Waals surface area contributed by atoms with Crippen LogP contribution in [0.5, 0.6) is 0 Å². The molecule has 1 N–H and O–H groups in total. The first kappa shape index (κ1) is 20.5. The van der Waals surface area contributed by atoms with Gasteiger partial charge in [-0.3, -0.25) is 14.9 Å². The van der Waals surface area contributed by atoms with E-state index in [1.807, 2.05) is 23.5 Å². The smallest absolute Gasteiger partial charge is 0.288 e. The fourth-order valence-electron chi connectivity index (χ4n) is 5.08. The number of hydrogen-bond donors (Lipinski definition) is 1. The number of benzene rings is 1. The summed E-state index contributed by atoms with van der Waals surface area (Å²) in [5.41, 5.74) is 0.728. The fraction of sp³-hybridized carbons (Fsp3) is 0.565. The van der Waals surface area contributed by atoms with Crippen molar-refractivity contribution < 1.29 is 4.79 Å². The molecule has 0 atom stereocenters. The average Bonchev–Trinajstić information content (AvgIpc) is 2.74. The molecule has 1 aromatic heterocycles. The molecule has 2 heterocycles. The van der Waals surface area contributed by atoms with Crippen LogP contribution in [0, 0.1) is 11.5 Å². The predicted octanol–water partition coefficient (Wildman–Crippen LogP) is 3.36. The minimum absolute atomic E-state index is 0.0313. The molecule has 30 heavy (non-hydrogen) atoms. The number of nitriles is 1. The maximum absolute atomic E-state index is 13.2. The van der Waals surface area contributed by atoms with E-state index < -0.39 is 11.5 Å². The Morgan fingerprint density at radius 1 is 1.00 bits per heavy atom. The molecule has 0 radical (unpaired) electrons. The Balaban J connectivity index is 1.59. The summed E-state index contributed by atoms with van der Waals surface area (Å²) < 4.78 is 1.74. The van der Waals surface area contributed by atoms with Crippen molar-refractivity contribution in [2.45, 2.75) is 69.9 Å². The van der Waals surface area contributed by atoms with Gasteiger partial charge in [0.1, 0.15) is 0 Å². The first-order valence-corrected chi connectivity index (χ1v) is 11.1. The van der Waals surface area contributed by atoms with Gasteiger partial charge in [-0.15, -0.1) is 0 Å². The van der Waals surface area contributed by atoms with Crippen LogP contribution < -0.4 is 10.9 Å². The molecular formula is C23H29N5O2. The molecular weight excluding hydrogens is 378 g/mol. The lowest BCUT2D eigenvalue weighted by Crippen LogP contribution is -2.44. The molecule has 2 fully saturated rings. The molecule has 7 nitrogen and oxygen atoms in total. The second kappa shape index (κ2) is 9.40. The molecule has 1 aliphatic heterocycles. The number of likely N-dealkylation sites (tertiary alicyclic amines) is 1. The van der Waals surface area contributed by atoms with E-state index in [-0.39, 0.29) is 11.7 Å². The van der Waals surface area contributed by atoms with E-state index in [4.69, 9.17) is 5.26 Å². The van der Waals surface area contributed by atoms with Gasteiger partial charge in [-0.1, -0.05) is 44.2 Å². The predicted molar refractivity (Wildman–Crippen MR) is 115 cm³/mol. The number of nitrogens with zero attached hydrogens (tertiary/aromatic N) is 4. The summed E-state index contributed by atoms with van der Waals surface area (Å²) >= 11 is 0. The van der Waals surface area contributed by atoms with E-state index in [0.717, 1.165) is 31.4 Å². The molecule has 0 bridgehead atoms. The summed E-state index contributed by atoms with van der Waals surface area (Å²) in [5, 5.41) is 10.8. The summed E-state index contributed by atoms with van der Waals surface area (Å²) in [4.78, 5) is 32.3. The standard InChI is InChI=1S/C23H29N5O2/c24-16-25-22(29)21-23(30)28(20-11-7-6-10-19(20)26-21)18-12-14-27(15-13-18)17-8-4-2-1-3-5-9-17/h6-7,10-11,17-18H,1-5,8-9,12-15H2,(H,25,29). The zero-order chi connectivity index (χ0) is 20.9. The quantitative estimate of drug-likeness (QED) is 0.622. The van der Waals surface area contributed by atoms with Gasteiger partial charge < -0.3 is 9.47 Å². The third-order valence-corrected chi connectivity index (χ3v) is 6.63. The average molecular weight is 408 g/mol. The maximum Gasteiger partial charge on any atom is 0.288 e. The number of fused-ring (bicyclic) bond motifs is 1. The minimum Gasteiger partial charge on any atom is -0.302 e. The number of hydrogen-bond acceptors (Lipinski definition) is 5. The molecule has 4 rings (SSSR count). The molecule has 0 unspecified atom stereocenters. The van der Waals surface area contributed by atoms with E-state index in [9.17, 15) is 9.59 Å². The lowest BCUT2D eigenvalue weighted by atomic mass is 9.93. The van der Waals surface area contributed by atoms with Gasteiger partial charge in [0, 0.05) is 25.2 Å². The minimum atomic E-state index is -0.742. The summed E-state index contributed by atoms with van der Waals surface area (Å²) in [6.07, 6.45) is 12.6.